The minimum atomic E-state index is -0.392. The lowest BCUT2D eigenvalue weighted by Crippen LogP contribution is -2.46. The van der Waals surface area contributed by atoms with E-state index in [2.05, 4.69) is 0 Å². The average Bonchev–Trinajstić information content (AvgIpc) is 2.29. The number of carbonyl (C=O) groups is 3. The number of anilines is 1. The van der Waals surface area contributed by atoms with Crippen molar-refractivity contribution >= 4 is 23.3 Å². The highest BCUT2D eigenvalue weighted by Crippen LogP contribution is 2.18. The molecule has 0 aromatic heterocycles. The minimum Gasteiger partial charge on any atom is -0.362 e. The molecule has 0 atom stereocenters. The molecule has 2 rings (SSSR count). The van der Waals surface area contributed by atoms with Gasteiger partial charge in [-0.1, -0.05) is 0 Å². The number of hydrogen-bond donors (Lipinski definition) is 0. The molecule has 5 nitrogen and oxygen atoms in total. The molecular weight excluding hydrogens is 222 g/mol. The third-order valence-corrected chi connectivity index (χ3v) is 2.48. The summed E-state index contributed by atoms with van der Waals surface area (Å²) in [6.07, 6.45) is 0. The van der Waals surface area contributed by atoms with Gasteiger partial charge in [-0.2, -0.15) is 0 Å². The van der Waals surface area contributed by atoms with Gasteiger partial charge in [0.1, 0.15) is 13.2 Å². The van der Waals surface area contributed by atoms with E-state index >= 15 is 0 Å². The van der Waals surface area contributed by atoms with Gasteiger partial charge >= 0.3 is 0 Å². The molecule has 1 aliphatic rings. The lowest BCUT2D eigenvalue weighted by molar-refractivity contribution is -0.138. The first-order chi connectivity index (χ1) is 8.09. The molecule has 1 heterocycles. The lowest BCUT2D eigenvalue weighted by Gasteiger charge is -2.24. The van der Waals surface area contributed by atoms with Crippen LogP contribution in [0.3, 0.4) is 0 Å². The van der Waals surface area contributed by atoms with Crippen molar-refractivity contribution in [2.24, 2.45) is 0 Å². The molecule has 17 heavy (non-hydrogen) atoms. The second-order valence-corrected chi connectivity index (χ2v) is 3.72. The second kappa shape index (κ2) is 4.47. The number of ketones is 1. The quantitative estimate of drug-likeness (QED) is 0.559. The van der Waals surface area contributed by atoms with Crippen molar-refractivity contribution in [1.29, 1.82) is 0 Å². The van der Waals surface area contributed by atoms with Crippen molar-refractivity contribution in [1.82, 2.24) is 0 Å². The van der Waals surface area contributed by atoms with E-state index in [1.165, 1.54) is 6.92 Å². The topological polar surface area (TPSA) is 63.7 Å². The van der Waals surface area contributed by atoms with E-state index in [1.807, 2.05) is 0 Å². The van der Waals surface area contributed by atoms with Crippen molar-refractivity contribution in [2.45, 2.75) is 6.92 Å². The summed E-state index contributed by atoms with van der Waals surface area (Å²) in [6.45, 7) is 1.26. The Labute approximate surface area is 98.0 Å². The van der Waals surface area contributed by atoms with Crippen molar-refractivity contribution in [2.75, 3.05) is 18.1 Å². The maximum atomic E-state index is 11.5. The van der Waals surface area contributed by atoms with Gasteiger partial charge in [0, 0.05) is 5.56 Å². The third-order valence-electron chi connectivity index (χ3n) is 2.48. The van der Waals surface area contributed by atoms with Gasteiger partial charge in [-0.05, 0) is 31.2 Å². The summed E-state index contributed by atoms with van der Waals surface area (Å²) in [6, 6.07) is 6.34. The number of Topliss-reactive ketones (excluding diaryl/α,β-unsaturated/α-hetero) is 1. The van der Waals surface area contributed by atoms with Crippen molar-refractivity contribution in [3.05, 3.63) is 29.8 Å². The van der Waals surface area contributed by atoms with E-state index in [0.717, 1.165) is 4.90 Å². The largest absolute Gasteiger partial charge is 0.362 e. The van der Waals surface area contributed by atoms with Crippen LogP contribution in [0.15, 0.2) is 24.3 Å². The second-order valence-electron chi connectivity index (χ2n) is 3.72. The van der Waals surface area contributed by atoms with E-state index in [4.69, 9.17) is 4.74 Å². The number of carbonyl (C=O) groups excluding carboxylic acids is 3. The fourth-order valence-electron chi connectivity index (χ4n) is 1.63. The molecule has 0 saturated carbocycles. The fourth-order valence-corrected chi connectivity index (χ4v) is 1.63. The normalized spacial score (nSPS) is 16.2. The number of benzene rings is 1. The summed E-state index contributed by atoms with van der Waals surface area (Å²) in [5.74, 6) is -0.843. The Bertz CT molecular complexity index is 462. The first-order valence-corrected chi connectivity index (χ1v) is 5.14. The summed E-state index contributed by atoms with van der Waals surface area (Å²) in [4.78, 5) is 35.2. The van der Waals surface area contributed by atoms with Gasteiger partial charge in [0.25, 0.3) is 11.8 Å². The van der Waals surface area contributed by atoms with Crippen LogP contribution in [0.4, 0.5) is 5.69 Å². The van der Waals surface area contributed by atoms with E-state index in [0.29, 0.717) is 11.3 Å². The Hall–Kier alpha value is -2.01. The standard InChI is InChI=1S/C12H11NO4/c1-8(14)9-2-4-10(5-3-9)13-11(15)6-17-7-12(13)16/h2-5H,6-7H2,1H3. The van der Waals surface area contributed by atoms with Gasteiger partial charge in [-0.25, -0.2) is 4.90 Å². The molecule has 1 aliphatic heterocycles. The molecule has 1 fully saturated rings. The molecule has 0 N–H and O–H groups in total. The molecule has 1 aromatic carbocycles. The Morgan fingerprint density at radius 2 is 1.65 bits per heavy atom. The zero-order valence-corrected chi connectivity index (χ0v) is 9.30. The average molecular weight is 233 g/mol. The number of rotatable bonds is 2. The van der Waals surface area contributed by atoms with Crippen LogP contribution in [0.5, 0.6) is 0 Å². The van der Waals surface area contributed by atoms with Crippen LogP contribution in [-0.2, 0) is 14.3 Å². The molecule has 2 amide bonds. The number of ether oxygens (including phenoxy) is 1. The highest BCUT2D eigenvalue weighted by molar-refractivity contribution is 6.17. The molecule has 5 heteroatoms. The number of imide groups is 1. The van der Waals surface area contributed by atoms with Crippen LogP contribution in [0.1, 0.15) is 17.3 Å². The molecule has 0 bridgehead atoms. The van der Waals surface area contributed by atoms with E-state index in [-0.39, 0.29) is 19.0 Å². The lowest BCUT2D eigenvalue weighted by atomic mass is 10.1. The third kappa shape index (κ3) is 2.24. The summed E-state index contributed by atoms with van der Waals surface area (Å²) in [5.41, 5.74) is 1.01. The molecule has 0 unspecified atom stereocenters. The molecule has 1 aromatic rings. The van der Waals surface area contributed by atoms with Gasteiger partial charge in [0.15, 0.2) is 5.78 Å². The predicted molar refractivity (Wildman–Crippen MR) is 59.8 cm³/mol. The summed E-state index contributed by atoms with van der Waals surface area (Å²) in [7, 11) is 0. The SMILES string of the molecule is CC(=O)c1ccc(N2C(=O)COCC2=O)cc1. The summed E-state index contributed by atoms with van der Waals surface area (Å²) >= 11 is 0. The van der Waals surface area contributed by atoms with Gasteiger partial charge in [-0.3, -0.25) is 14.4 Å². The summed E-state index contributed by atoms with van der Waals surface area (Å²) in [5, 5.41) is 0. The Kier molecular flexibility index (Phi) is 3.01. The van der Waals surface area contributed by atoms with Crippen LogP contribution < -0.4 is 4.90 Å². The van der Waals surface area contributed by atoms with Crippen LogP contribution >= 0.6 is 0 Å². The maximum Gasteiger partial charge on any atom is 0.259 e. The fraction of sp³-hybridized carbons (Fsp3) is 0.250. The van der Waals surface area contributed by atoms with E-state index in [9.17, 15) is 14.4 Å². The first-order valence-electron chi connectivity index (χ1n) is 5.14. The first kappa shape index (κ1) is 11.5. The van der Waals surface area contributed by atoms with E-state index < -0.39 is 11.8 Å². The van der Waals surface area contributed by atoms with Crippen molar-refractivity contribution < 1.29 is 19.1 Å². The van der Waals surface area contributed by atoms with Gasteiger partial charge in [0.05, 0.1) is 5.69 Å². The maximum absolute atomic E-state index is 11.5. The zero-order valence-electron chi connectivity index (χ0n) is 9.30. The van der Waals surface area contributed by atoms with Crippen LogP contribution in [0.25, 0.3) is 0 Å². The smallest absolute Gasteiger partial charge is 0.259 e. The van der Waals surface area contributed by atoms with Crippen LogP contribution in [-0.4, -0.2) is 30.8 Å². The number of nitrogens with zero attached hydrogens (tertiary/aromatic N) is 1. The summed E-state index contributed by atoms with van der Waals surface area (Å²) < 4.78 is 4.81. The molecule has 0 aliphatic carbocycles. The minimum absolute atomic E-state index is 0.0591. The monoisotopic (exact) mass is 233 g/mol. The molecule has 0 radical (unpaired) electrons. The number of hydrogen-bond acceptors (Lipinski definition) is 4. The molecule has 0 spiro atoms. The number of amides is 2. The van der Waals surface area contributed by atoms with Gasteiger partial charge in [0.2, 0.25) is 0 Å². The predicted octanol–water partition coefficient (Wildman–Crippen LogP) is 0.779. The van der Waals surface area contributed by atoms with Crippen molar-refractivity contribution in [3.63, 3.8) is 0 Å². The Balaban J connectivity index is 2.29. The molecular formula is C12H11NO4. The highest BCUT2D eigenvalue weighted by atomic mass is 16.5. The van der Waals surface area contributed by atoms with Crippen LogP contribution in [0, 0.1) is 0 Å². The van der Waals surface area contributed by atoms with Crippen LogP contribution in [0.2, 0.25) is 0 Å². The van der Waals surface area contributed by atoms with Gasteiger partial charge in [-0.15, -0.1) is 0 Å². The Morgan fingerprint density at radius 3 is 2.12 bits per heavy atom. The Morgan fingerprint density at radius 1 is 1.12 bits per heavy atom. The van der Waals surface area contributed by atoms with Crippen molar-refractivity contribution in [3.8, 4) is 0 Å². The van der Waals surface area contributed by atoms with Gasteiger partial charge < -0.3 is 4.74 Å². The number of morpholine rings is 1. The molecule has 88 valence electrons. The molecule has 1 saturated heterocycles. The highest BCUT2D eigenvalue weighted by Gasteiger charge is 2.27. The van der Waals surface area contributed by atoms with E-state index in [1.54, 1.807) is 24.3 Å². The zero-order chi connectivity index (χ0) is 12.4.